The summed E-state index contributed by atoms with van der Waals surface area (Å²) in [6.45, 7) is -0.241. The van der Waals surface area contributed by atoms with Crippen molar-refractivity contribution in [2.75, 3.05) is 0 Å². The third kappa shape index (κ3) is 4.93. The number of amides is 2. The molecular formula is C16H21N9O8S2. The zero-order valence-corrected chi connectivity index (χ0v) is 19.4. The Labute approximate surface area is 201 Å². The Balaban J connectivity index is 1.56. The molecule has 1 aliphatic carbocycles. The molecule has 2 aliphatic heterocycles. The van der Waals surface area contributed by atoms with Gasteiger partial charge in [0.2, 0.25) is 5.60 Å². The van der Waals surface area contributed by atoms with Crippen LogP contribution in [0.2, 0.25) is 0 Å². The van der Waals surface area contributed by atoms with Gasteiger partial charge in [0.1, 0.15) is 17.6 Å². The van der Waals surface area contributed by atoms with E-state index in [1.54, 1.807) is 0 Å². The Hall–Kier alpha value is -3.26. The van der Waals surface area contributed by atoms with Gasteiger partial charge in [-0.1, -0.05) is 16.9 Å². The molecule has 0 radical (unpaired) electrons. The van der Waals surface area contributed by atoms with E-state index in [-0.39, 0.29) is 35.9 Å². The fraction of sp³-hybridized carbons (Fsp3) is 0.500. The largest absolute Gasteiger partial charge is 0.478 e. The van der Waals surface area contributed by atoms with Crippen LogP contribution in [0.25, 0.3) is 0 Å². The lowest BCUT2D eigenvalue weighted by Crippen LogP contribution is -2.73. The van der Waals surface area contributed by atoms with Crippen LogP contribution in [-0.4, -0.2) is 84.1 Å². The first-order chi connectivity index (χ1) is 16.4. The molecule has 1 saturated carbocycles. The van der Waals surface area contributed by atoms with Crippen molar-refractivity contribution in [1.82, 2.24) is 29.9 Å². The Bertz CT molecular complexity index is 1230. The lowest BCUT2D eigenvalue weighted by Gasteiger charge is -2.43. The van der Waals surface area contributed by atoms with Gasteiger partial charge >= 0.3 is 16.3 Å². The maximum absolute atomic E-state index is 13.1. The summed E-state index contributed by atoms with van der Waals surface area (Å²) in [6, 6.07) is -2.70. The normalized spacial score (nSPS) is 25.4. The molecule has 17 nitrogen and oxygen atoms in total. The summed E-state index contributed by atoms with van der Waals surface area (Å²) in [4.78, 5) is 43.2. The number of aliphatic carboxylic acids is 1. The summed E-state index contributed by atoms with van der Waals surface area (Å²) in [5, 5.41) is 27.5. The summed E-state index contributed by atoms with van der Waals surface area (Å²) >= 11 is 1.11. The summed E-state index contributed by atoms with van der Waals surface area (Å²) < 4.78 is 33.1. The quantitative estimate of drug-likeness (QED) is 0.0746. The smallest absolute Gasteiger partial charge is 0.362 e. The van der Waals surface area contributed by atoms with Crippen molar-refractivity contribution in [3.8, 4) is 0 Å². The highest BCUT2D eigenvalue weighted by Gasteiger charge is 2.56. The van der Waals surface area contributed by atoms with Crippen LogP contribution in [0.3, 0.4) is 0 Å². The van der Waals surface area contributed by atoms with E-state index in [1.807, 2.05) is 0 Å². The van der Waals surface area contributed by atoms with Crippen molar-refractivity contribution in [1.29, 1.82) is 0 Å². The third-order valence-corrected chi connectivity index (χ3v) is 7.08. The van der Waals surface area contributed by atoms with Crippen LogP contribution in [0, 0.1) is 0 Å². The van der Waals surface area contributed by atoms with Gasteiger partial charge in [0.15, 0.2) is 5.71 Å². The maximum atomic E-state index is 13.1. The highest BCUT2D eigenvalue weighted by atomic mass is 32.2. The number of rotatable bonds is 10. The topological polar surface area (TPSA) is 257 Å². The number of nitrogens with one attached hydrogen (secondary N) is 2. The number of carbonyl (C=O) groups is 3. The summed E-state index contributed by atoms with van der Waals surface area (Å²) in [5.41, 5.74) is 9.16. The molecule has 8 N–H and O–H groups in total. The van der Waals surface area contributed by atoms with Gasteiger partial charge in [0, 0.05) is 24.8 Å². The fourth-order valence-electron chi connectivity index (χ4n) is 3.32. The molecular weight excluding hydrogens is 510 g/mol. The Morgan fingerprint density at radius 2 is 2.14 bits per heavy atom. The number of β-lactam (4-membered cyclic amide) rings is 1. The molecule has 19 heteroatoms. The standard InChI is InChI=1S/C16H21N9O8S2/c17-3-7-4-19-24(22-7)5-9-11(13(27)25(9)35(30,31)32)21-12(26)10(8-6-34-15(18)20-8)23-33-16(1-2-16)14(28)29/h4,6,9,11,15,20H,1-3,5,17-18H2,(H,21,26)(H,28,29)(H,30,31,32)/b23-10-. The molecule has 0 spiro atoms. The lowest BCUT2D eigenvalue weighted by atomic mass is 9.98. The van der Waals surface area contributed by atoms with Crippen molar-refractivity contribution in [3.63, 3.8) is 0 Å². The maximum Gasteiger partial charge on any atom is 0.362 e. The second-order valence-corrected chi connectivity index (χ2v) is 10.1. The number of nitrogens with two attached hydrogens (primary N) is 2. The van der Waals surface area contributed by atoms with E-state index >= 15 is 0 Å². The highest BCUT2D eigenvalue weighted by molar-refractivity contribution is 8.02. The number of carbonyl (C=O) groups excluding carboxylic acids is 2. The van der Waals surface area contributed by atoms with Crippen LogP contribution in [0.15, 0.2) is 22.5 Å². The molecule has 3 heterocycles. The summed E-state index contributed by atoms with van der Waals surface area (Å²) in [6.07, 6.45) is 1.72. The van der Waals surface area contributed by atoms with Crippen LogP contribution in [0.1, 0.15) is 18.5 Å². The van der Waals surface area contributed by atoms with Crippen LogP contribution < -0.4 is 22.1 Å². The first-order valence-electron chi connectivity index (χ1n) is 10.0. The minimum Gasteiger partial charge on any atom is -0.478 e. The van der Waals surface area contributed by atoms with Gasteiger partial charge in [-0.15, -0.1) is 0 Å². The van der Waals surface area contributed by atoms with E-state index < -0.39 is 57.0 Å². The number of aromatic nitrogens is 3. The monoisotopic (exact) mass is 531 g/mol. The van der Waals surface area contributed by atoms with Crippen molar-refractivity contribution in [2.24, 2.45) is 16.6 Å². The van der Waals surface area contributed by atoms with E-state index in [2.05, 4.69) is 26.0 Å². The minimum absolute atomic E-state index is 0.0612. The number of hydrogen-bond acceptors (Lipinski definition) is 13. The number of oxime groups is 1. The van der Waals surface area contributed by atoms with Crippen molar-refractivity contribution in [3.05, 3.63) is 23.0 Å². The molecule has 190 valence electrons. The molecule has 35 heavy (non-hydrogen) atoms. The second kappa shape index (κ2) is 9.07. The second-order valence-electron chi connectivity index (χ2n) is 7.79. The number of carboxylic acids is 1. The molecule has 0 bridgehead atoms. The minimum atomic E-state index is -4.95. The summed E-state index contributed by atoms with van der Waals surface area (Å²) in [5.74, 6) is -3.34. The molecule has 4 rings (SSSR count). The van der Waals surface area contributed by atoms with Crippen LogP contribution in [0.4, 0.5) is 0 Å². The van der Waals surface area contributed by atoms with E-state index in [0.29, 0.717) is 5.69 Å². The predicted molar refractivity (Wildman–Crippen MR) is 117 cm³/mol. The molecule has 3 aliphatic rings. The van der Waals surface area contributed by atoms with Crippen LogP contribution in [-0.2, 0) is 42.6 Å². The van der Waals surface area contributed by atoms with Crippen molar-refractivity contribution in [2.45, 2.75) is 49.1 Å². The van der Waals surface area contributed by atoms with Crippen LogP contribution in [0.5, 0.6) is 0 Å². The molecule has 1 aromatic rings. The van der Waals surface area contributed by atoms with Gasteiger partial charge in [-0.2, -0.15) is 23.4 Å². The van der Waals surface area contributed by atoms with Crippen LogP contribution >= 0.6 is 11.8 Å². The molecule has 3 atom stereocenters. The van der Waals surface area contributed by atoms with E-state index in [4.69, 9.17) is 16.3 Å². The number of nitrogens with zero attached hydrogens (tertiary/aromatic N) is 5. The highest BCUT2D eigenvalue weighted by Crippen LogP contribution is 2.40. The Kier molecular flexibility index (Phi) is 6.44. The number of thioether (sulfide) groups is 1. The predicted octanol–water partition coefficient (Wildman–Crippen LogP) is -3.35. The van der Waals surface area contributed by atoms with Crippen molar-refractivity contribution < 1.29 is 37.3 Å². The van der Waals surface area contributed by atoms with Gasteiger partial charge in [0.25, 0.3) is 11.8 Å². The number of carboxylic acid groups (broad SMARTS) is 1. The third-order valence-electron chi connectivity index (χ3n) is 5.35. The average molecular weight is 532 g/mol. The molecule has 3 unspecified atom stereocenters. The average Bonchev–Trinajstić information content (AvgIpc) is 3.23. The van der Waals surface area contributed by atoms with Gasteiger partial charge in [-0.3, -0.25) is 14.1 Å². The fourth-order valence-corrected chi connectivity index (χ4v) is 4.85. The zero-order chi connectivity index (χ0) is 25.5. The van der Waals surface area contributed by atoms with E-state index in [0.717, 1.165) is 16.6 Å². The van der Waals surface area contributed by atoms with Crippen molar-refractivity contribution >= 4 is 45.6 Å². The number of hydrogen-bond donors (Lipinski definition) is 6. The van der Waals surface area contributed by atoms with Gasteiger partial charge in [-0.25, -0.2) is 9.10 Å². The zero-order valence-electron chi connectivity index (χ0n) is 17.8. The van der Waals surface area contributed by atoms with E-state index in [1.165, 1.54) is 11.6 Å². The SMILES string of the molecule is NCc1cnn(CC2C(NC(=O)/C(=N\OC3(C(=O)O)CC3)C3=CSC(N)N3)C(=O)N2S(=O)(=O)O)n1. The first kappa shape index (κ1) is 24.9. The lowest BCUT2D eigenvalue weighted by molar-refractivity contribution is -0.153. The van der Waals surface area contributed by atoms with Gasteiger partial charge in [0.05, 0.1) is 24.1 Å². The molecule has 2 amide bonds. The molecule has 1 aromatic heterocycles. The Morgan fingerprint density at radius 3 is 2.66 bits per heavy atom. The first-order valence-corrected chi connectivity index (χ1v) is 12.4. The molecule has 2 fully saturated rings. The summed E-state index contributed by atoms with van der Waals surface area (Å²) in [7, 11) is -4.95. The van der Waals surface area contributed by atoms with Gasteiger partial charge in [-0.05, 0) is 0 Å². The molecule has 1 saturated heterocycles. The molecule has 0 aromatic carbocycles. The van der Waals surface area contributed by atoms with E-state index in [9.17, 15) is 32.5 Å². The van der Waals surface area contributed by atoms with Gasteiger partial charge < -0.3 is 32.0 Å². The Morgan fingerprint density at radius 1 is 1.43 bits per heavy atom.